The summed E-state index contributed by atoms with van der Waals surface area (Å²) in [4.78, 5) is 4.67. The van der Waals surface area contributed by atoms with E-state index in [1.807, 2.05) is 78.9 Å². The normalized spacial score (nSPS) is 12.3. The highest BCUT2D eigenvalue weighted by molar-refractivity contribution is 5.82. The second-order valence-electron chi connectivity index (χ2n) is 6.55. The van der Waals surface area contributed by atoms with Crippen molar-refractivity contribution in [1.82, 2.24) is 15.2 Å². The lowest BCUT2D eigenvalue weighted by molar-refractivity contribution is 0.174. The minimum Gasteiger partial charge on any atom is -0.454 e. The Morgan fingerprint density at radius 2 is 1.47 bits per heavy atom. The molecule has 3 aromatic carbocycles. The van der Waals surface area contributed by atoms with Gasteiger partial charge in [0.05, 0.1) is 6.21 Å². The number of hydrogen-bond donors (Lipinski definition) is 1. The van der Waals surface area contributed by atoms with Gasteiger partial charge in [0.1, 0.15) is 11.4 Å². The Morgan fingerprint density at radius 1 is 0.767 bits per heavy atom. The lowest BCUT2D eigenvalue weighted by Crippen LogP contribution is -2.03. The van der Waals surface area contributed by atoms with Crippen LogP contribution in [0, 0.1) is 0 Å². The fourth-order valence-corrected chi connectivity index (χ4v) is 3.12. The van der Waals surface area contributed by atoms with Crippen LogP contribution >= 0.6 is 0 Å². The number of hydrogen-bond acceptors (Lipinski definition) is 7. The average molecular weight is 395 g/mol. The molecule has 1 aliphatic rings. The molecule has 1 aromatic heterocycles. The standard InChI is InChI=1S/C23H17N5O2/c1-3-7-17(8-4-1)21-22(18-9-5-2-6-10-18)26-28-23(25-21)27-24-14-16-11-12-19-20(13-16)30-15-29-19/h1-14H,15H2,(H,25,27,28). The van der Waals surface area contributed by atoms with Crippen LogP contribution in [-0.2, 0) is 0 Å². The van der Waals surface area contributed by atoms with Crippen LogP contribution in [0.3, 0.4) is 0 Å². The van der Waals surface area contributed by atoms with Gasteiger partial charge in [-0.2, -0.15) is 5.10 Å². The van der Waals surface area contributed by atoms with Gasteiger partial charge >= 0.3 is 0 Å². The SMILES string of the molecule is C(=NNc1nnc(-c2ccccc2)c(-c2ccccc2)n1)c1ccc2c(c1)OCO2. The third-order valence-corrected chi connectivity index (χ3v) is 4.56. The van der Waals surface area contributed by atoms with Crippen molar-refractivity contribution < 1.29 is 9.47 Å². The van der Waals surface area contributed by atoms with E-state index in [2.05, 4.69) is 25.7 Å². The second kappa shape index (κ2) is 8.00. The molecule has 0 bridgehead atoms. The topological polar surface area (TPSA) is 81.5 Å². The van der Waals surface area contributed by atoms with Gasteiger partial charge in [0, 0.05) is 11.1 Å². The molecule has 7 nitrogen and oxygen atoms in total. The molecule has 1 aliphatic heterocycles. The van der Waals surface area contributed by atoms with E-state index in [1.165, 1.54) is 0 Å². The zero-order chi connectivity index (χ0) is 20.2. The van der Waals surface area contributed by atoms with Gasteiger partial charge in [-0.3, -0.25) is 0 Å². The van der Waals surface area contributed by atoms with Crippen LogP contribution in [0.1, 0.15) is 5.56 Å². The van der Waals surface area contributed by atoms with Gasteiger partial charge in [0.2, 0.25) is 6.79 Å². The first kappa shape index (κ1) is 17.8. The maximum atomic E-state index is 5.38. The number of ether oxygens (including phenoxy) is 2. The minimum absolute atomic E-state index is 0.240. The number of hydrazone groups is 1. The molecule has 0 radical (unpaired) electrons. The number of nitrogens with one attached hydrogen (secondary N) is 1. The number of anilines is 1. The van der Waals surface area contributed by atoms with Crippen molar-refractivity contribution in [2.45, 2.75) is 0 Å². The van der Waals surface area contributed by atoms with E-state index >= 15 is 0 Å². The Bertz CT molecular complexity index is 1200. The first-order chi connectivity index (χ1) is 14.9. The van der Waals surface area contributed by atoms with E-state index in [0.29, 0.717) is 17.4 Å². The van der Waals surface area contributed by atoms with Crippen molar-refractivity contribution in [3.05, 3.63) is 84.4 Å². The average Bonchev–Trinajstić information content (AvgIpc) is 3.28. The van der Waals surface area contributed by atoms with Gasteiger partial charge in [-0.05, 0) is 23.8 Å². The predicted octanol–water partition coefficient (Wildman–Crippen LogP) is 4.38. The van der Waals surface area contributed by atoms with E-state index in [1.54, 1.807) is 6.21 Å². The number of rotatable bonds is 5. The molecule has 5 rings (SSSR count). The van der Waals surface area contributed by atoms with E-state index in [4.69, 9.17) is 9.47 Å². The quantitative estimate of drug-likeness (QED) is 0.399. The Hall–Kier alpha value is -4.26. The van der Waals surface area contributed by atoms with E-state index in [0.717, 1.165) is 28.1 Å². The van der Waals surface area contributed by atoms with Crippen molar-refractivity contribution >= 4 is 12.2 Å². The Labute approximate surface area is 173 Å². The molecule has 0 fully saturated rings. The van der Waals surface area contributed by atoms with Crippen LogP contribution in [-0.4, -0.2) is 28.2 Å². The summed E-state index contributed by atoms with van der Waals surface area (Å²) in [6.45, 7) is 0.240. The lowest BCUT2D eigenvalue weighted by atomic mass is 10.0. The summed E-state index contributed by atoms with van der Waals surface area (Å²) in [7, 11) is 0. The minimum atomic E-state index is 0.240. The molecule has 7 heteroatoms. The van der Waals surface area contributed by atoms with Crippen molar-refractivity contribution in [2.75, 3.05) is 12.2 Å². The summed E-state index contributed by atoms with van der Waals surface area (Å²) in [5, 5.41) is 12.9. The molecule has 0 unspecified atom stereocenters. The van der Waals surface area contributed by atoms with Crippen molar-refractivity contribution in [1.29, 1.82) is 0 Å². The Kier molecular flexibility index (Phi) is 4.75. The molecule has 146 valence electrons. The molecule has 2 heterocycles. The van der Waals surface area contributed by atoms with E-state index < -0.39 is 0 Å². The summed E-state index contributed by atoms with van der Waals surface area (Å²) >= 11 is 0. The molecule has 0 aliphatic carbocycles. The number of nitrogens with zero attached hydrogens (tertiary/aromatic N) is 4. The summed E-state index contributed by atoms with van der Waals surface area (Å²) in [6.07, 6.45) is 1.67. The highest BCUT2D eigenvalue weighted by Gasteiger charge is 2.14. The summed E-state index contributed by atoms with van der Waals surface area (Å²) in [6, 6.07) is 25.4. The summed E-state index contributed by atoms with van der Waals surface area (Å²) in [5.41, 5.74) is 7.08. The maximum absolute atomic E-state index is 5.38. The van der Waals surface area contributed by atoms with Gasteiger partial charge in [0.25, 0.3) is 5.95 Å². The van der Waals surface area contributed by atoms with E-state index in [-0.39, 0.29) is 6.79 Å². The molecular weight excluding hydrogens is 378 g/mol. The van der Waals surface area contributed by atoms with Crippen molar-refractivity contribution in [3.63, 3.8) is 0 Å². The van der Waals surface area contributed by atoms with Gasteiger partial charge in [-0.25, -0.2) is 10.4 Å². The molecule has 30 heavy (non-hydrogen) atoms. The lowest BCUT2D eigenvalue weighted by Gasteiger charge is -2.09. The Balaban J connectivity index is 1.43. The van der Waals surface area contributed by atoms with Gasteiger partial charge < -0.3 is 9.47 Å². The molecule has 0 saturated heterocycles. The molecule has 0 spiro atoms. The predicted molar refractivity (Wildman–Crippen MR) is 114 cm³/mol. The smallest absolute Gasteiger partial charge is 0.263 e. The molecule has 4 aromatic rings. The fourth-order valence-electron chi connectivity index (χ4n) is 3.12. The molecule has 0 atom stereocenters. The van der Waals surface area contributed by atoms with Crippen LogP contribution in [0.4, 0.5) is 5.95 Å². The highest BCUT2D eigenvalue weighted by Crippen LogP contribution is 2.32. The zero-order valence-corrected chi connectivity index (χ0v) is 15.9. The first-order valence-corrected chi connectivity index (χ1v) is 9.41. The van der Waals surface area contributed by atoms with Gasteiger partial charge in [-0.15, -0.1) is 10.2 Å². The van der Waals surface area contributed by atoms with Crippen molar-refractivity contribution in [3.8, 4) is 34.0 Å². The van der Waals surface area contributed by atoms with Crippen LogP contribution in [0.25, 0.3) is 22.5 Å². The summed E-state index contributed by atoms with van der Waals surface area (Å²) < 4.78 is 10.7. The molecular formula is C23H17N5O2. The van der Waals surface area contributed by atoms with Crippen molar-refractivity contribution in [2.24, 2.45) is 5.10 Å². The maximum Gasteiger partial charge on any atom is 0.263 e. The second-order valence-corrected chi connectivity index (χ2v) is 6.55. The largest absolute Gasteiger partial charge is 0.454 e. The van der Waals surface area contributed by atoms with Crippen LogP contribution in [0.15, 0.2) is 84.0 Å². The third kappa shape index (κ3) is 3.68. The van der Waals surface area contributed by atoms with Crippen LogP contribution < -0.4 is 14.9 Å². The van der Waals surface area contributed by atoms with Gasteiger partial charge in [-0.1, -0.05) is 60.7 Å². The highest BCUT2D eigenvalue weighted by atomic mass is 16.7. The molecule has 0 saturated carbocycles. The van der Waals surface area contributed by atoms with Crippen LogP contribution in [0.5, 0.6) is 11.5 Å². The van der Waals surface area contributed by atoms with Gasteiger partial charge in [0.15, 0.2) is 11.5 Å². The molecule has 0 amide bonds. The number of fused-ring (bicyclic) bond motifs is 1. The zero-order valence-electron chi connectivity index (χ0n) is 15.9. The molecule has 1 N–H and O–H groups in total. The monoisotopic (exact) mass is 395 g/mol. The van der Waals surface area contributed by atoms with E-state index in [9.17, 15) is 0 Å². The first-order valence-electron chi connectivity index (χ1n) is 9.41. The third-order valence-electron chi connectivity index (χ3n) is 4.56. The Morgan fingerprint density at radius 3 is 2.23 bits per heavy atom. The summed E-state index contributed by atoms with van der Waals surface area (Å²) in [5.74, 6) is 1.75. The van der Waals surface area contributed by atoms with Crippen LogP contribution in [0.2, 0.25) is 0 Å². The number of aromatic nitrogens is 3. The number of benzene rings is 3. The fraction of sp³-hybridized carbons (Fsp3) is 0.0435.